The average Bonchev–Trinajstić information content (AvgIpc) is 2.30. The van der Waals surface area contributed by atoms with Crippen molar-refractivity contribution in [2.75, 3.05) is 18.8 Å². The van der Waals surface area contributed by atoms with Crippen LogP contribution in [-0.4, -0.2) is 33.0 Å². The molecule has 0 aromatic carbocycles. The normalized spacial score (nSPS) is 22.9. The van der Waals surface area contributed by atoms with Crippen molar-refractivity contribution in [3.05, 3.63) is 17.5 Å². The minimum atomic E-state index is -1.07. The zero-order chi connectivity index (χ0) is 11.4. The monoisotopic (exact) mass is 259 g/mol. The van der Waals surface area contributed by atoms with Crippen molar-refractivity contribution < 1.29 is 4.21 Å². The van der Waals surface area contributed by atoms with Crippen molar-refractivity contribution >= 4 is 22.4 Å². The second-order valence-corrected chi connectivity index (χ2v) is 5.73. The van der Waals surface area contributed by atoms with Gasteiger partial charge in [-0.2, -0.15) is 0 Å². The van der Waals surface area contributed by atoms with E-state index in [1.165, 1.54) is 6.33 Å². The van der Waals surface area contributed by atoms with E-state index in [0.29, 0.717) is 21.8 Å². The second kappa shape index (κ2) is 5.70. The fourth-order valence-corrected chi connectivity index (χ4v) is 3.31. The Balaban J connectivity index is 1.97. The summed E-state index contributed by atoms with van der Waals surface area (Å²) < 4.78 is 12.0. The maximum atomic E-state index is 12.0. The predicted octanol–water partition coefficient (Wildman–Crippen LogP) is 1.24. The summed E-state index contributed by atoms with van der Waals surface area (Å²) in [6, 6.07) is 1.58. The van der Waals surface area contributed by atoms with Gasteiger partial charge < -0.3 is 5.32 Å². The molecule has 2 atom stereocenters. The van der Waals surface area contributed by atoms with Crippen LogP contribution in [0.2, 0.25) is 5.15 Å². The van der Waals surface area contributed by atoms with Crippen molar-refractivity contribution in [2.45, 2.75) is 17.9 Å². The Kier molecular flexibility index (Phi) is 4.26. The molecule has 0 unspecified atom stereocenters. The van der Waals surface area contributed by atoms with E-state index in [4.69, 9.17) is 11.6 Å². The highest BCUT2D eigenvalue weighted by Gasteiger charge is 2.17. The van der Waals surface area contributed by atoms with Crippen LogP contribution in [0.3, 0.4) is 0 Å². The summed E-state index contributed by atoms with van der Waals surface area (Å²) in [4.78, 5) is 7.77. The molecule has 2 rings (SSSR count). The van der Waals surface area contributed by atoms with E-state index in [2.05, 4.69) is 15.3 Å². The van der Waals surface area contributed by atoms with Gasteiger partial charge in [-0.25, -0.2) is 9.97 Å². The van der Waals surface area contributed by atoms with Crippen molar-refractivity contribution in [1.82, 2.24) is 15.3 Å². The van der Waals surface area contributed by atoms with Gasteiger partial charge in [-0.1, -0.05) is 11.6 Å². The van der Waals surface area contributed by atoms with E-state index in [1.54, 1.807) is 6.07 Å². The molecule has 1 aliphatic heterocycles. The second-order valence-electron chi connectivity index (χ2n) is 3.90. The van der Waals surface area contributed by atoms with Crippen LogP contribution in [0.1, 0.15) is 12.8 Å². The molecule has 0 amide bonds. The van der Waals surface area contributed by atoms with Crippen LogP contribution in [-0.2, 0) is 10.8 Å². The molecule has 1 saturated heterocycles. The molecule has 0 radical (unpaired) electrons. The highest BCUT2D eigenvalue weighted by molar-refractivity contribution is 7.85. The molecule has 4 nitrogen and oxygen atoms in total. The van der Waals surface area contributed by atoms with Crippen molar-refractivity contribution in [1.29, 1.82) is 0 Å². The Hall–Kier alpha value is -0.520. The van der Waals surface area contributed by atoms with Crippen molar-refractivity contribution in [3.63, 3.8) is 0 Å². The lowest BCUT2D eigenvalue weighted by Gasteiger charge is -2.21. The van der Waals surface area contributed by atoms with Gasteiger partial charge in [-0.15, -0.1) is 0 Å². The van der Waals surface area contributed by atoms with Crippen LogP contribution in [0.5, 0.6) is 0 Å². The Morgan fingerprint density at radius 1 is 1.56 bits per heavy atom. The third kappa shape index (κ3) is 3.23. The van der Waals surface area contributed by atoms with Crippen LogP contribution in [0.15, 0.2) is 17.4 Å². The predicted molar refractivity (Wildman–Crippen MR) is 63.9 cm³/mol. The van der Waals surface area contributed by atoms with Crippen LogP contribution in [0, 0.1) is 5.92 Å². The number of aromatic nitrogens is 2. The highest BCUT2D eigenvalue weighted by Crippen LogP contribution is 2.15. The molecule has 0 saturated carbocycles. The molecule has 1 N–H and O–H groups in total. The van der Waals surface area contributed by atoms with Crippen LogP contribution >= 0.6 is 11.6 Å². The first kappa shape index (κ1) is 12.0. The quantitative estimate of drug-likeness (QED) is 0.830. The molecule has 16 heavy (non-hydrogen) atoms. The topological polar surface area (TPSA) is 54.9 Å². The zero-order valence-corrected chi connectivity index (χ0v) is 10.4. The number of rotatable bonds is 3. The Morgan fingerprint density at radius 2 is 2.44 bits per heavy atom. The van der Waals surface area contributed by atoms with E-state index >= 15 is 0 Å². The molecule has 6 heteroatoms. The van der Waals surface area contributed by atoms with E-state index < -0.39 is 10.8 Å². The summed E-state index contributed by atoms with van der Waals surface area (Å²) in [5, 5.41) is 4.19. The summed E-state index contributed by atoms with van der Waals surface area (Å²) in [6.45, 7) is 2.02. The zero-order valence-electron chi connectivity index (χ0n) is 8.86. The van der Waals surface area contributed by atoms with Crippen LogP contribution in [0.4, 0.5) is 0 Å². The molecular weight excluding hydrogens is 246 g/mol. The number of nitrogens with one attached hydrogen (secondary N) is 1. The smallest absolute Gasteiger partial charge is 0.133 e. The van der Waals surface area contributed by atoms with E-state index in [1.807, 2.05) is 0 Å². The number of halogens is 1. The largest absolute Gasteiger partial charge is 0.316 e. The lowest BCUT2D eigenvalue weighted by atomic mass is 10.0. The van der Waals surface area contributed by atoms with Gasteiger partial charge in [0.05, 0.1) is 10.8 Å². The van der Waals surface area contributed by atoms with Gasteiger partial charge in [-0.3, -0.25) is 4.21 Å². The summed E-state index contributed by atoms with van der Waals surface area (Å²) in [7, 11) is -1.07. The summed E-state index contributed by atoms with van der Waals surface area (Å²) in [5.74, 6) is 1.13. The van der Waals surface area contributed by atoms with Gasteiger partial charge in [0, 0.05) is 11.8 Å². The van der Waals surface area contributed by atoms with Gasteiger partial charge in [0.25, 0.3) is 0 Å². The Bertz CT molecular complexity index is 382. The summed E-state index contributed by atoms with van der Waals surface area (Å²) >= 11 is 5.73. The molecule has 88 valence electrons. The van der Waals surface area contributed by atoms with E-state index in [9.17, 15) is 4.21 Å². The maximum absolute atomic E-state index is 12.0. The fourth-order valence-electron chi connectivity index (χ4n) is 1.81. The molecule has 1 aliphatic rings. The molecule has 0 spiro atoms. The van der Waals surface area contributed by atoms with Gasteiger partial charge in [-0.05, 0) is 31.8 Å². The number of piperidine rings is 1. The van der Waals surface area contributed by atoms with Crippen molar-refractivity contribution in [2.24, 2.45) is 5.92 Å². The molecule has 1 aromatic rings. The first-order valence-corrected chi connectivity index (χ1v) is 7.02. The first-order chi connectivity index (χ1) is 7.75. The highest BCUT2D eigenvalue weighted by atomic mass is 35.5. The minimum absolute atomic E-state index is 0.347. The first-order valence-electron chi connectivity index (χ1n) is 5.32. The van der Waals surface area contributed by atoms with Gasteiger partial charge in [0.15, 0.2) is 0 Å². The number of nitrogens with zero attached hydrogens (tertiary/aromatic N) is 2. The molecule has 2 heterocycles. The fraction of sp³-hybridized carbons (Fsp3) is 0.600. The lowest BCUT2D eigenvalue weighted by molar-refractivity contribution is 0.408. The number of hydrogen-bond donors (Lipinski definition) is 1. The molecule has 1 aromatic heterocycles. The third-order valence-corrected chi connectivity index (χ3v) is 4.30. The molecule has 1 fully saturated rings. The maximum Gasteiger partial charge on any atom is 0.133 e. The van der Waals surface area contributed by atoms with E-state index in [0.717, 1.165) is 25.9 Å². The van der Waals surface area contributed by atoms with Crippen LogP contribution < -0.4 is 5.32 Å². The summed E-state index contributed by atoms with van der Waals surface area (Å²) in [6.07, 6.45) is 3.65. The SMILES string of the molecule is O=[S@@](C[C@@H]1CCCNC1)c1cc(Cl)ncn1. The van der Waals surface area contributed by atoms with Crippen LogP contribution in [0.25, 0.3) is 0 Å². The standard InChI is InChI=1S/C10H14ClN3OS/c11-9-4-10(14-7-13-9)16(15)6-8-2-1-3-12-5-8/h4,7-8,12H,1-3,5-6H2/t8-,16+/m1/s1. The Labute approximate surface area is 102 Å². The van der Waals surface area contributed by atoms with Crippen molar-refractivity contribution in [3.8, 4) is 0 Å². The van der Waals surface area contributed by atoms with Gasteiger partial charge >= 0.3 is 0 Å². The molecule has 0 bridgehead atoms. The minimum Gasteiger partial charge on any atom is -0.316 e. The van der Waals surface area contributed by atoms with E-state index in [-0.39, 0.29) is 0 Å². The average molecular weight is 260 g/mol. The third-order valence-electron chi connectivity index (χ3n) is 2.63. The van der Waals surface area contributed by atoms with Gasteiger partial charge in [0.1, 0.15) is 16.5 Å². The summed E-state index contributed by atoms with van der Waals surface area (Å²) in [5.41, 5.74) is 0. The molecule has 0 aliphatic carbocycles. The Morgan fingerprint density at radius 3 is 3.12 bits per heavy atom. The molecular formula is C10H14ClN3OS. The van der Waals surface area contributed by atoms with Gasteiger partial charge in [0.2, 0.25) is 0 Å². The number of hydrogen-bond acceptors (Lipinski definition) is 4. The lowest BCUT2D eigenvalue weighted by Crippen LogP contribution is -2.32.